The Morgan fingerprint density at radius 2 is 2.55 bits per heavy atom. The van der Waals surface area contributed by atoms with Gasteiger partial charge in [-0.1, -0.05) is 0 Å². The molecule has 1 aromatic rings. The molecule has 0 aromatic carbocycles. The lowest BCUT2D eigenvalue weighted by molar-refractivity contribution is 0.167. The second-order valence-electron chi connectivity index (χ2n) is 3.26. The van der Waals surface area contributed by atoms with Crippen LogP contribution >= 0.6 is 0 Å². The van der Waals surface area contributed by atoms with E-state index >= 15 is 0 Å². The maximum atomic E-state index is 9.22. The third-order valence-corrected chi connectivity index (χ3v) is 2.37. The maximum absolute atomic E-state index is 9.22. The molecule has 2 heteroatoms. The van der Waals surface area contributed by atoms with Crippen molar-refractivity contribution < 1.29 is 9.52 Å². The van der Waals surface area contributed by atoms with Crippen LogP contribution in [0.4, 0.5) is 0 Å². The van der Waals surface area contributed by atoms with Gasteiger partial charge in [-0.25, -0.2) is 0 Å². The second-order valence-corrected chi connectivity index (χ2v) is 3.26. The predicted octanol–water partition coefficient (Wildman–Crippen LogP) is 1.76. The monoisotopic (exact) mass is 152 g/mol. The molecule has 1 aliphatic carbocycles. The summed E-state index contributed by atoms with van der Waals surface area (Å²) in [5.74, 6) is 1.93. The minimum Gasteiger partial charge on any atom is -0.469 e. The first-order valence-corrected chi connectivity index (χ1v) is 4.00. The lowest BCUT2D eigenvalue weighted by Gasteiger charge is -1.99. The fourth-order valence-electron chi connectivity index (χ4n) is 1.58. The van der Waals surface area contributed by atoms with E-state index < -0.39 is 0 Å². The molecule has 0 bridgehead atoms. The van der Waals surface area contributed by atoms with Gasteiger partial charge >= 0.3 is 0 Å². The summed E-state index contributed by atoms with van der Waals surface area (Å²) >= 11 is 0. The van der Waals surface area contributed by atoms with Gasteiger partial charge in [0.2, 0.25) is 0 Å². The first-order chi connectivity index (χ1) is 5.29. The van der Waals surface area contributed by atoms with Crippen molar-refractivity contribution in [1.82, 2.24) is 0 Å². The molecule has 0 radical (unpaired) electrons. The fraction of sp³-hybridized carbons (Fsp3) is 0.556. The number of hydrogen-bond acceptors (Lipinski definition) is 2. The van der Waals surface area contributed by atoms with E-state index in [4.69, 9.17) is 4.42 Å². The average molecular weight is 152 g/mol. The van der Waals surface area contributed by atoms with Gasteiger partial charge in [0.15, 0.2) is 0 Å². The van der Waals surface area contributed by atoms with Gasteiger partial charge in [0.05, 0.1) is 12.4 Å². The topological polar surface area (TPSA) is 33.4 Å². The summed E-state index contributed by atoms with van der Waals surface area (Å²) in [4.78, 5) is 0. The largest absolute Gasteiger partial charge is 0.469 e. The van der Waals surface area contributed by atoms with Gasteiger partial charge in [0, 0.05) is 5.92 Å². The zero-order valence-corrected chi connectivity index (χ0v) is 6.53. The molecule has 1 saturated carbocycles. The highest BCUT2D eigenvalue weighted by Gasteiger charge is 2.43. The van der Waals surface area contributed by atoms with Crippen molar-refractivity contribution in [2.45, 2.75) is 25.4 Å². The van der Waals surface area contributed by atoms with E-state index in [2.05, 4.69) is 0 Å². The zero-order chi connectivity index (χ0) is 7.84. The van der Waals surface area contributed by atoms with Crippen LogP contribution in [0.1, 0.15) is 25.0 Å². The number of aliphatic hydroxyl groups is 1. The summed E-state index contributed by atoms with van der Waals surface area (Å²) in [5.41, 5.74) is 0. The molecule has 1 aromatic heterocycles. The standard InChI is InChI=1S/C9H12O2/c1-6(10)7-5-8(7)9-3-2-4-11-9/h2-4,6-8,10H,5H2,1H3/t6-,7+,8+/m0/s1. The molecule has 1 heterocycles. The van der Waals surface area contributed by atoms with Crippen molar-refractivity contribution in [1.29, 1.82) is 0 Å². The van der Waals surface area contributed by atoms with Crippen LogP contribution in [0, 0.1) is 5.92 Å². The quantitative estimate of drug-likeness (QED) is 0.700. The Balaban J connectivity index is 2.02. The molecule has 1 fully saturated rings. The smallest absolute Gasteiger partial charge is 0.107 e. The molecule has 11 heavy (non-hydrogen) atoms. The predicted molar refractivity (Wildman–Crippen MR) is 41.2 cm³/mol. The third kappa shape index (κ3) is 1.18. The highest BCUT2D eigenvalue weighted by atomic mass is 16.3. The number of hydrogen-bond donors (Lipinski definition) is 1. The molecule has 0 spiro atoms. The molecule has 0 aliphatic heterocycles. The number of furan rings is 1. The van der Waals surface area contributed by atoms with Gasteiger partial charge in [0.1, 0.15) is 5.76 Å². The lowest BCUT2D eigenvalue weighted by Crippen LogP contribution is -2.02. The van der Waals surface area contributed by atoms with Gasteiger partial charge in [-0.3, -0.25) is 0 Å². The van der Waals surface area contributed by atoms with E-state index in [1.54, 1.807) is 6.26 Å². The first-order valence-electron chi connectivity index (χ1n) is 4.00. The minimum atomic E-state index is -0.190. The van der Waals surface area contributed by atoms with E-state index in [1.165, 1.54) is 0 Å². The van der Waals surface area contributed by atoms with Crippen molar-refractivity contribution in [3.63, 3.8) is 0 Å². The zero-order valence-electron chi connectivity index (χ0n) is 6.53. The summed E-state index contributed by atoms with van der Waals surface area (Å²) in [6.45, 7) is 1.84. The Bertz CT molecular complexity index is 226. The van der Waals surface area contributed by atoms with Crippen molar-refractivity contribution in [2.75, 3.05) is 0 Å². The van der Waals surface area contributed by atoms with Crippen LogP contribution in [-0.4, -0.2) is 11.2 Å². The van der Waals surface area contributed by atoms with Gasteiger partial charge in [0.25, 0.3) is 0 Å². The summed E-state index contributed by atoms with van der Waals surface area (Å²) in [6, 6.07) is 3.87. The van der Waals surface area contributed by atoms with E-state index in [1.807, 2.05) is 19.1 Å². The molecule has 1 N–H and O–H groups in total. The van der Waals surface area contributed by atoms with Crippen LogP contribution in [0.15, 0.2) is 22.8 Å². The SMILES string of the molecule is C[C@H](O)[C@H]1C[C@H]1c1ccco1. The van der Waals surface area contributed by atoms with Crippen LogP contribution in [0.2, 0.25) is 0 Å². The van der Waals surface area contributed by atoms with E-state index in [9.17, 15) is 5.11 Å². The lowest BCUT2D eigenvalue weighted by atomic mass is 10.2. The molecule has 2 nitrogen and oxygen atoms in total. The van der Waals surface area contributed by atoms with Crippen molar-refractivity contribution in [3.8, 4) is 0 Å². The van der Waals surface area contributed by atoms with Gasteiger partial charge < -0.3 is 9.52 Å². The molecule has 0 unspecified atom stereocenters. The minimum absolute atomic E-state index is 0.190. The summed E-state index contributed by atoms with van der Waals surface area (Å²) in [6.07, 6.45) is 2.57. The number of rotatable bonds is 2. The Hall–Kier alpha value is -0.760. The Kier molecular flexibility index (Phi) is 1.50. The Labute approximate surface area is 65.8 Å². The molecule has 1 aliphatic rings. The van der Waals surface area contributed by atoms with Crippen LogP contribution < -0.4 is 0 Å². The highest BCUT2D eigenvalue weighted by molar-refractivity contribution is 5.15. The third-order valence-electron chi connectivity index (χ3n) is 2.37. The van der Waals surface area contributed by atoms with Crippen LogP contribution in [0.25, 0.3) is 0 Å². The fourth-order valence-corrected chi connectivity index (χ4v) is 1.58. The molecular formula is C9H12O2. The van der Waals surface area contributed by atoms with Crippen molar-refractivity contribution in [2.24, 2.45) is 5.92 Å². The average Bonchev–Trinajstić information content (AvgIpc) is 2.60. The summed E-state index contributed by atoms with van der Waals surface area (Å²) in [5, 5.41) is 9.22. The molecular weight excluding hydrogens is 140 g/mol. The Morgan fingerprint density at radius 3 is 3.00 bits per heavy atom. The second kappa shape index (κ2) is 2.38. The maximum Gasteiger partial charge on any atom is 0.107 e. The van der Waals surface area contributed by atoms with Crippen molar-refractivity contribution >= 4 is 0 Å². The van der Waals surface area contributed by atoms with E-state index in [0.717, 1.165) is 12.2 Å². The van der Waals surface area contributed by atoms with Crippen LogP contribution in [0.3, 0.4) is 0 Å². The highest BCUT2D eigenvalue weighted by Crippen LogP contribution is 2.49. The summed E-state index contributed by atoms with van der Waals surface area (Å²) in [7, 11) is 0. The van der Waals surface area contributed by atoms with E-state index in [-0.39, 0.29) is 6.10 Å². The van der Waals surface area contributed by atoms with Gasteiger partial charge in [-0.2, -0.15) is 0 Å². The van der Waals surface area contributed by atoms with Crippen LogP contribution in [0.5, 0.6) is 0 Å². The van der Waals surface area contributed by atoms with E-state index in [0.29, 0.717) is 11.8 Å². The normalized spacial score (nSPS) is 31.8. The molecule has 0 saturated heterocycles. The molecule has 3 atom stereocenters. The summed E-state index contributed by atoms with van der Waals surface area (Å²) < 4.78 is 5.23. The first kappa shape index (κ1) is 6.92. The number of aliphatic hydroxyl groups excluding tert-OH is 1. The molecule has 60 valence electrons. The molecule has 0 amide bonds. The Morgan fingerprint density at radius 1 is 1.73 bits per heavy atom. The van der Waals surface area contributed by atoms with Crippen LogP contribution in [-0.2, 0) is 0 Å². The van der Waals surface area contributed by atoms with Crippen molar-refractivity contribution in [3.05, 3.63) is 24.2 Å². The van der Waals surface area contributed by atoms with Gasteiger partial charge in [-0.15, -0.1) is 0 Å². The van der Waals surface area contributed by atoms with Gasteiger partial charge in [-0.05, 0) is 31.4 Å². The molecule has 2 rings (SSSR count).